The maximum absolute atomic E-state index is 11.0. The SMILES string of the molecule is C#CCOc1ccc([N+](=O)[O-])cc1C=C(C#N)c1ccc(Cl)cc1. The molecule has 0 unspecified atom stereocenters. The molecule has 6 heteroatoms. The van der Waals surface area contributed by atoms with E-state index in [0.717, 1.165) is 0 Å². The van der Waals surface area contributed by atoms with Crippen molar-refractivity contribution in [2.45, 2.75) is 0 Å². The monoisotopic (exact) mass is 338 g/mol. The van der Waals surface area contributed by atoms with Crippen LogP contribution in [0.2, 0.25) is 5.02 Å². The first-order valence-corrected chi connectivity index (χ1v) is 7.15. The van der Waals surface area contributed by atoms with Crippen molar-refractivity contribution < 1.29 is 9.66 Å². The van der Waals surface area contributed by atoms with Crippen molar-refractivity contribution >= 4 is 28.9 Å². The fourth-order valence-corrected chi connectivity index (χ4v) is 2.10. The third-order valence-electron chi connectivity index (χ3n) is 3.09. The second kappa shape index (κ2) is 7.82. The van der Waals surface area contributed by atoms with Crippen molar-refractivity contribution in [1.82, 2.24) is 0 Å². The Hall–Kier alpha value is -3.28. The van der Waals surface area contributed by atoms with Gasteiger partial charge in [0.05, 0.1) is 16.6 Å². The first-order chi connectivity index (χ1) is 11.5. The van der Waals surface area contributed by atoms with Crippen molar-refractivity contribution in [3.63, 3.8) is 0 Å². The first-order valence-electron chi connectivity index (χ1n) is 6.77. The minimum Gasteiger partial charge on any atom is -0.480 e. The summed E-state index contributed by atoms with van der Waals surface area (Å²) >= 11 is 5.84. The number of hydrogen-bond donors (Lipinski definition) is 0. The lowest BCUT2D eigenvalue weighted by atomic mass is 10.0. The largest absolute Gasteiger partial charge is 0.480 e. The van der Waals surface area contributed by atoms with Crippen molar-refractivity contribution in [2.75, 3.05) is 6.61 Å². The van der Waals surface area contributed by atoms with E-state index in [1.807, 2.05) is 0 Å². The van der Waals surface area contributed by atoms with E-state index in [0.29, 0.717) is 27.5 Å². The molecule has 0 saturated carbocycles. The van der Waals surface area contributed by atoms with E-state index >= 15 is 0 Å². The number of benzene rings is 2. The third kappa shape index (κ3) is 4.13. The molecule has 2 aromatic carbocycles. The number of terminal acetylenes is 1. The maximum Gasteiger partial charge on any atom is 0.270 e. The minimum atomic E-state index is -0.517. The summed E-state index contributed by atoms with van der Waals surface area (Å²) in [6.45, 7) is 0.0154. The van der Waals surface area contributed by atoms with Crippen molar-refractivity contribution in [1.29, 1.82) is 5.26 Å². The molecule has 24 heavy (non-hydrogen) atoms. The van der Waals surface area contributed by atoms with Crippen molar-refractivity contribution in [3.8, 4) is 24.2 Å². The summed E-state index contributed by atoms with van der Waals surface area (Å²) in [6.07, 6.45) is 6.69. The molecule has 0 atom stereocenters. The number of nitriles is 1. The minimum absolute atomic E-state index is 0.0154. The summed E-state index contributed by atoms with van der Waals surface area (Å²) in [4.78, 5) is 10.5. The lowest BCUT2D eigenvalue weighted by Gasteiger charge is -2.07. The van der Waals surface area contributed by atoms with Crippen LogP contribution in [0.25, 0.3) is 11.6 Å². The summed E-state index contributed by atoms with van der Waals surface area (Å²) in [6, 6.07) is 12.9. The number of non-ortho nitro benzene ring substituents is 1. The molecule has 2 aromatic rings. The van der Waals surface area contributed by atoms with Crippen LogP contribution < -0.4 is 4.74 Å². The first kappa shape index (κ1) is 17.1. The van der Waals surface area contributed by atoms with Crippen LogP contribution in [0, 0.1) is 33.8 Å². The fourth-order valence-electron chi connectivity index (χ4n) is 1.98. The number of nitro benzene ring substituents is 1. The molecule has 0 fully saturated rings. The van der Waals surface area contributed by atoms with Gasteiger partial charge in [-0.2, -0.15) is 5.26 Å². The number of halogens is 1. The lowest BCUT2D eigenvalue weighted by molar-refractivity contribution is -0.384. The molecule has 0 heterocycles. The van der Waals surface area contributed by atoms with Gasteiger partial charge in [-0.05, 0) is 29.8 Å². The summed E-state index contributed by atoms with van der Waals surface area (Å²) in [5.41, 5.74) is 1.24. The van der Waals surface area contributed by atoms with Gasteiger partial charge in [0.15, 0.2) is 0 Å². The molecule has 0 amide bonds. The molecule has 2 rings (SSSR count). The van der Waals surface area contributed by atoms with Crippen LogP contribution in [0.3, 0.4) is 0 Å². The normalized spacial score (nSPS) is 10.5. The summed E-state index contributed by atoms with van der Waals surface area (Å²) < 4.78 is 5.39. The highest BCUT2D eigenvalue weighted by atomic mass is 35.5. The Morgan fingerprint density at radius 2 is 2.04 bits per heavy atom. The molecule has 0 bridgehead atoms. The zero-order valence-electron chi connectivity index (χ0n) is 12.4. The molecule has 5 nitrogen and oxygen atoms in total. The van der Waals surface area contributed by atoms with Gasteiger partial charge >= 0.3 is 0 Å². The van der Waals surface area contributed by atoms with Gasteiger partial charge in [-0.25, -0.2) is 0 Å². The zero-order chi connectivity index (χ0) is 17.5. The summed E-state index contributed by atoms with van der Waals surface area (Å²) in [5, 5.41) is 20.9. The Morgan fingerprint density at radius 1 is 1.33 bits per heavy atom. The highest BCUT2D eigenvalue weighted by molar-refractivity contribution is 6.30. The number of allylic oxidation sites excluding steroid dienone is 1. The molecule has 0 saturated heterocycles. The smallest absolute Gasteiger partial charge is 0.270 e. The second-order valence-corrected chi connectivity index (χ2v) is 5.09. The highest BCUT2D eigenvalue weighted by Gasteiger charge is 2.12. The summed E-state index contributed by atoms with van der Waals surface area (Å²) in [7, 11) is 0. The van der Waals surface area contributed by atoms with E-state index in [1.165, 1.54) is 24.3 Å². The van der Waals surface area contributed by atoms with Crippen molar-refractivity contribution in [2.24, 2.45) is 0 Å². The Balaban J connectivity index is 2.52. The predicted octanol–water partition coefficient (Wildman–Crippen LogP) is 4.32. The van der Waals surface area contributed by atoms with E-state index in [2.05, 4.69) is 12.0 Å². The average Bonchev–Trinajstić information content (AvgIpc) is 2.59. The van der Waals surface area contributed by atoms with Crippen LogP contribution in [0.4, 0.5) is 5.69 Å². The van der Waals surface area contributed by atoms with Crippen LogP contribution in [0.15, 0.2) is 42.5 Å². The van der Waals surface area contributed by atoms with Gasteiger partial charge in [0.1, 0.15) is 12.4 Å². The van der Waals surface area contributed by atoms with Crippen LogP contribution in [-0.4, -0.2) is 11.5 Å². The van der Waals surface area contributed by atoms with Gasteiger partial charge in [0, 0.05) is 22.7 Å². The van der Waals surface area contributed by atoms with E-state index < -0.39 is 4.92 Å². The molecular weight excluding hydrogens is 328 g/mol. The van der Waals surface area contributed by atoms with E-state index in [-0.39, 0.29) is 12.3 Å². The van der Waals surface area contributed by atoms with Crippen LogP contribution in [-0.2, 0) is 0 Å². The van der Waals surface area contributed by atoms with E-state index in [9.17, 15) is 15.4 Å². The molecule has 0 N–H and O–H groups in total. The van der Waals surface area contributed by atoms with E-state index in [4.69, 9.17) is 22.8 Å². The molecule has 118 valence electrons. The fraction of sp³-hybridized carbons (Fsp3) is 0.0556. The number of ether oxygens (including phenoxy) is 1. The topological polar surface area (TPSA) is 76.2 Å². The van der Waals surface area contributed by atoms with Gasteiger partial charge in [-0.1, -0.05) is 29.7 Å². The number of hydrogen-bond acceptors (Lipinski definition) is 4. The molecule has 0 spiro atoms. The molecule has 0 aliphatic carbocycles. The third-order valence-corrected chi connectivity index (χ3v) is 3.34. The predicted molar refractivity (Wildman–Crippen MR) is 92.4 cm³/mol. The van der Waals surface area contributed by atoms with Gasteiger partial charge in [0.25, 0.3) is 5.69 Å². The summed E-state index contributed by atoms with van der Waals surface area (Å²) in [5.74, 6) is 2.69. The van der Waals surface area contributed by atoms with Gasteiger partial charge in [-0.3, -0.25) is 10.1 Å². The van der Waals surface area contributed by atoms with Crippen LogP contribution in [0.1, 0.15) is 11.1 Å². The average molecular weight is 339 g/mol. The highest BCUT2D eigenvalue weighted by Crippen LogP contribution is 2.29. The number of nitrogens with zero attached hydrogens (tertiary/aromatic N) is 2. The Bertz CT molecular complexity index is 875. The van der Waals surface area contributed by atoms with Crippen molar-refractivity contribution in [3.05, 3.63) is 68.7 Å². The Kier molecular flexibility index (Phi) is 5.57. The number of rotatable bonds is 5. The van der Waals surface area contributed by atoms with Gasteiger partial charge < -0.3 is 4.74 Å². The molecule has 0 aliphatic rings. The Morgan fingerprint density at radius 3 is 2.62 bits per heavy atom. The zero-order valence-corrected chi connectivity index (χ0v) is 13.2. The van der Waals surface area contributed by atoms with Gasteiger partial charge in [-0.15, -0.1) is 6.42 Å². The molecule has 0 radical (unpaired) electrons. The molecule has 0 aromatic heterocycles. The molecule has 0 aliphatic heterocycles. The van der Waals surface area contributed by atoms with E-state index in [1.54, 1.807) is 24.3 Å². The van der Waals surface area contributed by atoms with Crippen LogP contribution >= 0.6 is 11.6 Å². The Labute approximate surface area is 143 Å². The lowest BCUT2D eigenvalue weighted by Crippen LogP contribution is -1.97. The van der Waals surface area contributed by atoms with Gasteiger partial charge in [0.2, 0.25) is 0 Å². The second-order valence-electron chi connectivity index (χ2n) is 4.65. The maximum atomic E-state index is 11.0. The number of nitro groups is 1. The standard InChI is InChI=1S/C18H11ClN2O3/c1-2-9-24-18-8-7-17(21(22)23)11-14(18)10-15(12-20)13-3-5-16(19)6-4-13/h1,3-8,10-11H,9H2. The molecular formula is C18H11ClN2O3. The van der Waals surface area contributed by atoms with Crippen LogP contribution in [0.5, 0.6) is 5.75 Å². The quantitative estimate of drug-likeness (QED) is 0.267.